The van der Waals surface area contributed by atoms with Crippen LogP contribution in [0.1, 0.15) is 5.56 Å². The van der Waals surface area contributed by atoms with Crippen molar-refractivity contribution in [3.05, 3.63) is 29.8 Å². The molecule has 0 saturated heterocycles. The quantitative estimate of drug-likeness (QED) is 0.585. The van der Waals surface area contributed by atoms with Crippen LogP contribution in [0.5, 0.6) is 5.75 Å². The minimum absolute atomic E-state index is 0.386. The summed E-state index contributed by atoms with van der Waals surface area (Å²) in [7, 11) is -5.58. The molecule has 0 bridgehead atoms. The first-order valence-electron chi connectivity index (χ1n) is 3.71. The molecule has 0 amide bonds. The highest BCUT2D eigenvalue weighted by molar-refractivity contribution is 7.87. The Hall–Kier alpha value is -1.24. The summed E-state index contributed by atoms with van der Waals surface area (Å²) in [6.07, 6.45) is 0. The van der Waals surface area contributed by atoms with E-state index in [1.807, 2.05) is 0 Å². The first kappa shape index (κ1) is 11.8. The van der Waals surface area contributed by atoms with Crippen molar-refractivity contribution in [1.29, 1.82) is 0 Å². The van der Waals surface area contributed by atoms with Gasteiger partial charge in [-0.2, -0.15) is 21.6 Å². The number of alkyl halides is 3. The number of rotatable bonds is 2. The van der Waals surface area contributed by atoms with Gasteiger partial charge in [0.1, 0.15) is 5.75 Å². The van der Waals surface area contributed by atoms with E-state index in [4.69, 9.17) is 0 Å². The normalized spacial score (nSPS) is 12.5. The standard InChI is InChI=1S/C8H6F3O3S/c1-6-3-2-4-7(5-6)14-15(12,13)8(9,10)11/h2,4-5H,1H3. The van der Waals surface area contributed by atoms with Crippen molar-refractivity contribution >= 4 is 10.1 Å². The fraction of sp³-hybridized carbons (Fsp3) is 0.250. The van der Waals surface area contributed by atoms with E-state index in [2.05, 4.69) is 10.2 Å². The summed E-state index contributed by atoms with van der Waals surface area (Å²) in [4.78, 5) is 0. The predicted molar refractivity (Wildman–Crippen MR) is 45.6 cm³/mol. The van der Waals surface area contributed by atoms with Gasteiger partial charge >= 0.3 is 15.6 Å². The lowest BCUT2D eigenvalue weighted by molar-refractivity contribution is -0.0500. The molecule has 1 aromatic rings. The van der Waals surface area contributed by atoms with E-state index in [1.165, 1.54) is 6.07 Å². The fourth-order valence-electron chi connectivity index (χ4n) is 0.784. The van der Waals surface area contributed by atoms with Crippen LogP contribution in [0.4, 0.5) is 13.2 Å². The Balaban J connectivity index is 2.98. The molecule has 0 N–H and O–H groups in total. The van der Waals surface area contributed by atoms with Gasteiger partial charge in [0.05, 0.1) is 0 Å². The lowest BCUT2D eigenvalue weighted by Gasteiger charge is -2.09. The van der Waals surface area contributed by atoms with Gasteiger partial charge in [-0.1, -0.05) is 6.07 Å². The highest BCUT2D eigenvalue weighted by Crippen LogP contribution is 2.26. The number of aryl methyl sites for hydroxylation is 1. The number of hydrogen-bond acceptors (Lipinski definition) is 3. The third kappa shape index (κ3) is 2.85. The molecule has 3 nitrogen and oxygen atoms in total. The Labute approximate surface area is 84.6 Å². The zero-order valence-electron chi connectivity index (χ0n) is 7.50. The molecule has 15 heavy (non-hydrogen) atoms. The summed E-state index contributed by atoms with van der Waals surface area (Å²) in [5, 5.41) is 0. The van der Waals surface area contributed by atoms with Crippen LogP contribution in [0.2, 0.25) is 0 Å². The van der Waals surface area contributed by atoms with E-state index in [0.717, 1.165) is 12.1 Å². The monoisotopic (exact) mass is 239 g/mol. The lowest BCUT2D eigenvalue weighted by atomic mass is 10.2. The van der Waals surface area contributed by atoms with Gasteiger partial charge < -0.3 is 4.18 Å². The Morgan fingerprint density at radius 1 is 1.40 bits per heavy atom. The number of hydrogen-bond donors (Lipinski definition) is 0. The van der Waals surface area contributed by atoms with E-state index in [9.17, 15) is 21.6 Å². The third-order valence-electron chi connectivity index (χ3n) is 1.41. The molecule has 0 aliphatic rings. The Morgan fingerprint density at radius 3 is 2.47 bits per heavy atom. The molecule has 0 unspecified atom stereocenters. The van der Waals surface area contributed by atoms with Crippen molar-refractivity contribution in [2.24, 2.45) is 0 Å². The first-order valence-corrected chi connectivity index (χ1v) is 5.12. The number of halogens is 3. The summed E-state index contributed by atoms with van der Waals surface area (Å²) in [6.45, 7) is 1.55. The summed E-state index contributed by atoms with van der Waals surface area (Å²) >= 11 is 0. The van der Waals surface area contributed by atoms with Crippen molar-refractivity contribution in [3.63, 3.8) is 0 Å². The van der Waals surface area contributed by atoms with Crippen molar-refractivity contribution in [2.45, 2.75) is 12.4 Å². The minimum atomic E-state index is -5.58. The summed E-state index contributed by atoms with van der Waals surface area (Å²) in [6, 6.07) is 6.14. The predicted octanol–water partition coefficient (Wildman–Crippen LogP) is 2.02. The summed E-state index contributed by atoms with van der Waals surface area (Å²) in [5.74, 6) is -0.386. The molecule has 7 heteroatoms. The van der Waals surface area contributed by atoms with Gasteiger partial charge in [0.25, 0.3) is 0 Å². The molecule has 0 aliphatic heterocycles. The van der Waals surface area contributed by atoms with Crippen LogP contribution in [0.3, 0.4) is 0 Å². The molecular formula is C8H6F3O3S. The maximum absolute atomic E-state index is 11.9. The van der Waals surface area contributed by atoms with Crippen molar-refractivity contribution in [2.75, 3.05) is 0 Å². The average molecular weight is 239 g/mol. The van der Waals surface area contributed by atoms with Crippen LogP contribution in [0.25, 0.3) is 0 Å². The van der Waals surface area contributed by atoms with Gasteiger partial charge in [-0.05, 0) is 30.7 Å². The highest BCUT2D eigenvalue weighted by atomic mass is 32.2. The average Bonchev–Trinajstić information content (AvgIpc) is 2.00. The summed E-state index contributed by atoms with van der Waals surface area (Å²) < 4.78 is 60.7. The van der Waals surface area contributed by atoms with E-state index in [1.54, 1.807) is 6.92 Å². The van der Waals surface area contributed by atoms with Crippen molar-refractivity contribution in [1.82, 2.24) is 0 Å². The highest BCUT2D eigenvalue weighted by Gasteiger charge is 2.48. The second kappa shape index (κ2) is 3.73. The maximum Gasteiger partial charge on any atom is 0.534 e. The van der Waals surface area contributed by atoms with E-state index < -0.39 is 15.6 Å². The molecule has 0 saturated carbocycles. The lowest BCUT2D eigenvalue weighted by Crippen LogP contribution is -2.28. The van der Waals surface area contributed by atoms with Gasteiger partial charge in [-0.3, -0.25) is 0 Å². The zero-order chi connectivity index (χ0) is 11.7. The van der Waals surface area contributed by atoms with E-state index in [0.29, 0.717) is 5.56 Å². The van der Waals surface area contributed by atoms with Crippen LogP contribution in [0.15, 0.2) is 18.2 Å². The molecular weight excluding hydrogens is 233 g/mol. The number of benzene rings is 1. The van der Waals surface area contributed by atoms with Crippen LogP contribution in [0, 0.1) is 13.0 Å². The molecule has 0 aromatic heterocycles. The molecule has 0 atom stereocenters. The SMILES string of the molecule is Cc1[c]ccc(OS(=O)(=O)C(F)(F)F)c1. The van der Waals surface area contributed by atoms with Gasteiger partial charge in [0.15, 0.2) is 0 Å². The van der Waals surface area contributed by atoms with Crippen LogP contribution >= 0.6 is 0 Å². The van der Waals surface area contributed by atoms with Gasteiger partial charge in [0.2, 0.25) is 0 Å². The Bertz CT molecular complexity index is 450. The maximum atomic E-state index is 11.9. The Kier molecular flexibility index (Phi) is 2.94. The zero-order valence-corrected chi connectivity index (χ0v) is 8.32. The second-order valence-corrected chi connectivity index (χ2v) is 4.23. The molecule has 0 spiro atoms. The fourth-order valence-corrected chi connectivity index (χ4v) is 1.24. The van der Waals surface area contributed by atoms with Crippen molar-refractivity contribution in [3.8, 4) is 5.75 Å². The third-order valence-corrected chi connectivity index (χ3v) is 2.39. The van der Waals surface area contributed by atoms with Crippen LogP contribution < -0.4 is 4.18 Å². The molecule has 83 valence electrons. The molecule has 1 aromatic carbocycles. The Morgan fingerprint density at radius 2 is 2.00 bits per heavy atom. The van der Waals surface area contributed by atoms with Gasteiger partial charge in [-0.25, -0.2) is 0 Å². The minimum Gasteiger partial charge on any atom is -0.376 e. The summed E-state index contributed by atoms with van der Waals surface area (Å²) in [5.41, 5.74) is -4.94. The van der Waals surface area contributed by atoms with E-state index >= 15 is 0 Å². The molecule has 1 radical (unpaired) electrons. The largest absolute Gasteiger partial charge is 0.534 e. The smallest absolute Gasteiger partial charge is 0.376 e. The van der Waals surface area contributed by atoms with Gasteiger partial charge in [0, 0.05) is 0 Å². The van der Waals surface area contributed by atoms with Gasteiger partial charge in [-0.15, -0.1) is 0 Å². The molecule has 0 heterocycles. The molecule has 1 rings (SSSR count). The molecule has 0 fully saturated rings. The molecule has 0 aliphatic carbocycles. The van der Waals surface area contributed by atoms with E-state index in [-0.39, 0.29) is 5.75 Å². The second-order valence-electron chi connectivity index (χ2n) is 2.69. The van der Waals surface area contributed by atoms with Crippen molar-refractivity contribution < 1.29 is 25.8 Å². The first-order chi connectivity index (χ1) is 6.72. The topological polar surface area (TPSA) is 43.4 Å². The van der Waals surface area contributed by atoms with Crippen LogP contribution in [-0.2, 0) is 10.1 Å². The van der Waals surface area contributed by atoms with Crippen LogP contribution in [-0.4, -0.2) is 13.9 Å².